The van der Waals surface area contributed by atoms with E-state index in [-0.39, 0.29) is 17.8 Å². The van der Waals surface area contributed by atoms with E-state index >= 15 is 0 Å². The van der Waals surface area contributed by atoms with Gasteiger partial charge in [0.25, 0.3) is 0 Å². The fourth-order valence-electron chi connectivity index (χ4n) is 3.29. The van der Waals surface area contributed by atoms with Crippen LogP contribution in [0.3, 0.4) is 0 Å². The van der Waals surface area contributed by atoms with Crippen molar-refractivity contribution in [1.29, 1.82) is 0 Å². The molecule has 0 spiro atoms. The second-order valence-corrected chi connectivity index (χ2v) is 6.83. The first-order chi connectivity index (χ1) is 12.5. The Labute approximate surface area is 154 Å². The topological polar surface area (TPSA) is 26.8 Å². The van der Waals surface area contributed by atoms with Crippen LogP contribution in [0, 0.1) is 5.82 Å². The van der Waals surface area contributed by atoms with Gasteiger partial charge < -0.3 is 9.80 Å². The molecule has 3 rings (SSSR count). The Bertz CT molecular complexity index is 712. The third-order valence-corrected chi connectivity index (χ3v) is 5.18. The average molecular weight is 355 g/mol. The molecule has 4 nitrogen and oxygen atoms in total. The lowest BCUT2D eigenvalue weighted by Gasteiger charge is -2.37. The van der Waals surface area contributed by atoms with E-state index in [1.165, 1.54) is 12.1 Å². The van der Waals surface area contributed by atoms with Gasteiger partial charge >= 0.3 is 0 Å². The molecular formula is C21H26FN3O. The van der Waals surface area contributed by atoms with Crippen LogP contribution in [0.4, 0.5) is 10.1 Å². The van der Waals surface area contributed by atoms with E-state index in [1.54, 1.807) is 0 Å². The summed E-state index contributed by atoms with van der Waals surface area (Å²) < 4.78 is 13.1. The molecule has 1 saturated heterocycles. The SMILES string of the molecule is C[C@H](c1ccccc1)N(C)C(=O)CN1CCN(c2ccc(F)cc2)CC1. The minimum absolute atomic E-state index is 0.0594. The van der Waals surface area contributed by atoms with E-state index in [9.17, 15) is 9.18 Å². The molecule has 2 aromatic rings. The number of halogens is 1. The summed E-state index contributed by atoms with van der Waals surface area (Å²) in [4.78, 5) is 18.9. The van der Waals surface area contributed by atoms with Crippen LogP contribution in [0.15, 0.2) is 54.6 Å². The van der Waals surface area contributed by atoms with Crippen LogP contribution in [-0.4, -0.2) is 55.5 Å². The quantitative estimate of drug-likeness (QED) is 0.824. The van der Waals surface area contributed by atoms with Crippen LogP contribution in [-0.2, 0) is 4.79 Å². The van der Waals surface area contributed by atoms with Gasteiger partial charge in [-0.15, -0.1) is 0 Å². The molecule has 5 heteroatoms. The van der Waals surface area contributed by atoms with Crippen LogP contribution in [0.25, 0.3) is 0 Å². The molecule has 0 aromatic heterocycles. The number of rotatable bonds is 5. The molecule has 1 fully saturated rings. The molecule has 1 amide bonds. The predicted octanol–water partition coefficient (Wildman–Crippen LogP) is 3.17. The Morgan fingerprint density at radius 3 is 2.27 bits per heavy atom. The highest BCUT2D eigenvalue weighted by molar-refractivity contribution is 5.78. The largest absolute Gasteiger partial charge is 0.369 e. The van der Waals surface area contributed by atoms with Crippen molar-refractivity contribution in [3.8, 4) is 0 Å². The average Bonchev–Trinajstić information content (AvgIpc) is 2.69. The first kappa shape index (κ1) is 18.4. The maximum atomic E-state index is 13.1. The van der Waals surface area contributed by atoms with E-state index in [0.717, 1.165) is 37.4 Å². The third-order valence-electron chi connectivity index (χ3n) is 5.18. The Morgan fingerprint density at radius 1 is 1.04 bits per heavy atom. The Kier molecular flexibility index (Phi) is 5.89. The molecule has 0 saturated carbocycles. The highest BCUT2D eigenvalue weighted by atomic mass is 19.1. The van der Waals surface area contributed by atoms with E-state index < -0.39 is 0 Å². The van der Waals surface area contributed by atoms with Gasteiger partial charge in [0.15, 0.2) is 0 Å². The summed E-state index contributed by atoms with van der Waals surface area (Å²) in [6, 6.07) is 16.7. The van der Waals surface area contributed by atoms with Crippen molar-refractivity contribution in [2.24, 2.45) is 0 Å². The molecule has 2 aromatic carbocycles. The number of amides is 1. The van der Waals surface area contributed by atoms with Crippen molar-refractivity contribution < 1.29 is 9.18 Å². The first-order valence-corrected chi connectivity index (χ1v) is 9.08. The van der Waals surface area contributed by atoms with Gasteiger partial charge in [-0.2, -0.15) is 0 Å². The number of hydrogen-bond acceptors (Lipinski definition) is 3. The summed E-state index contributed by atoms with van der Waals surface area (Å²) in [5, 5.41) is 0. The van der Waals surface area contributed by atoms with E-state index in [2.05, 4.69) is 28.9 Å². The van der Waals surface area contributed by atoms with Gasteiger partial charge in [-0.3, -0.25) is 9.69 Å². The molecule has 1 aliphatic rings. The van der Waals surface area contributed by atoms with Gasteiger partial charge in [-0.25, -0.2) is 4.39 Å². The van der Waals surface area contributed by atoms with Gasteiger partial charge in [0, 0.05) is 38.9 Å². The maximum Gasteiger partial charge on any atom is 0.236 e. The summed E-state index contributed by atoms with van der Waals surface area (Å²) >= 11 is 0. The van der Waals surface area contributed by atoms with Crippen molar-refractivity contribution in [1.82, 2.24) is 9.80 Å². The summed E-state index contributed by atoms with van der Waals surface area (Å²) in [5.41, 5.74) is 2.18. The summed E-state index contributed by atoms with van der Waals surface area (Å²) in [7, 11) is 1.87. The molecular weight excluding hydrogens is 329 g/mol. The summed E-state index contributed by atoms with van der Waals surface area (Å²) in [5.74, 6) is -0.0786. The highest BCUT2D eigenvalue weighted by Gasteiger charge is 2.23. The minimum Gasteiger partial charge on any atom is -0.369 e. The number of hydrogen-bond donors (Lipinski definition) is 0. The first-order valence-electron chi connectivity index (χ1n) is 9.08. The monoisotopic (exact) mass is 355 g/mol. The van der Waals surface area contributed by atoms with Crippen molar-refractivity contribution in [3.05, 3.63) is 66.0 Å². The Balaban J connectivity index is 1.50. The van der Waals surface area contributed by atoms with Gasteiger partial charge in [-0.05, 0) is 36.8 Å². The molecule has 0 aliphatic carbocycles. The summed E-state index contributed by atoms with van der Waals surface area (Å²) in [6.07, 6.45) is 0. The van der Waals surface area contributed by atoms with Gasteiger partial charge in [0.1, 0.15) is 5.82 Å². The number of carbonyl (C=O) groups is 1. The van der Waals surface area contributed by atoms with Crippen LogP contribution >= 0.6 is 0 Å². The number of likely N-dealkylation sites (N-methyl/N-ethyl adjacent to an activating group) is 1. The molecule has 0 unspecified atom stereocenters. The standard InChI is InChI=1S/C21H26FN3O/c1-17(18-6-4-3-5-7-18)23(2)21(26)16-24-12-14-25(15-13-24)20-10-8-19(22)9-11-20/h3-11,17H,12-16H2,1-2H3/t17-/m1/s1. The number of benzene rings is 2. The number of nitrogens with zero attached hydrogens (tertiary/aromatic N) is 3. The van der Waals surface area contributed by atoms with Crippen molar-refractivity contribution in [2.45, 2.75) is 13.0 Å². The molecule has 1 heterocycles. The summed E-state index contributed by atoms with van der Waals surface area (Å²) in [6.45, 7) is 5.84. The second-order valence-electron chi connectivity index (χ2n) is 6.83. The minimum atomic E-state index is -0.214. The van der Waals surface area contributed by atoms with Crippen LogP contribution in [0.2, 0.25) is 0 Å². The van der Waals surface area contributed by atoms with Crippen LogP contribution in [0.1, 0.15) is 18.5 Å². The third kappa shape index (κ3) is 4.41. The normalized spacial score (nSPS) is 16.3. The van der Waals surface area contributed by atoms with Gasteiger partial charge in [0.05, 0.1) is 12.6 Å². The van der Waals surface area contributed by atoms with E-state index in [4.69, 9.17) is 0 Å². The van der Waals surface area contributed by atoms with Crippen LogP contribution in [0.5, 0.6) is 0 Å². The molecule has 1 aliphatic heterocycles. The van der Waals surface area contributed by atoms with Gasteiger partial charge in [-0.1, -0.05) is 30.3 Å². The smallest absolute Gasteiger partial charge is 0.236 e. The Hall–Kier alpha value is -2.40. The number of anilines is 1. The second kappa shape index (κ2) is 8.32. The van der Waals surface area contributed by atoms with Crippen LogP contribution < -0.4 is 4.90 Å². The fraction of sp³-hybridized carbons (Fsp3) is 0.381. The number of piperazine rings is 1. The fourth-order valence-corrected chi connectivity index (χ4v) is 3.29. The van der Waals surface area contributed by atoms with Gasteiger partial charge in [0.2, 0.25) is 5.91 Å². The number of carbonyl (C=O) groups excluding carboxylic acids is 1. The lowest BCUT2D eigenvalue weighted by molar-refractivity contribution is -0.133. The molecule has 0 radical (unpaired) electrons. The van der Waals surface area contributed by atoms with Crippen molar-refractivity contribution in [2.75, 3.05) is 44.7 Å². The molecule has 0 N–H and O–H groups in total. The zero-order chi connectivity index (χ0) is 18.5. The van der Waals surface area contributed by atoms with E-state index in [1.807, 2.05) is 42.3 Å². The molecule has 1 atom stereocenters. The van der Waals surface area contributed by atoms with E-state index in [0.29, 0.717) is 6.54 Å². The lowest BCUT2D eigenvalue weighted by atomic mass is 10.1. The Morgan fingerprint density at radius 2 is 1.65 bits per heavy atom. The molecule has 26 heavy (non-hydrogen) atoms. The van der Waals surface area contributed by atoms with Crippen molar-refractivity contribution >= 4 is 11.6 Å². The maximum absolute atomic E-state index is 13.1. The lowest BCUT2D eigenvalue weighted by Crippen LogP contribution is -2.50. The predicted molar refractivity (Wildman–Crippen MR) is 103 cm³/mol. The zero-order valence-electron chi connectivity index (χ0n) is 15.4. The highest BCUT2D eigenvalue weighted by Crippen LogP contribution is 2.19. The molecule has 0 bridgehead atoms. The zero-order valence-corrected chi connectivity index (χ0v) is 15.4. The van der Waals surface area contributed by atoms with Crippen molar-refractivity contribution in [3.63, 3.8) is 0 Å². The molecule has 138 valence electrons.